The number of halogens is 1. The summed E-state index contributed by atoms with van der Waals surface area (Å²) in [6, 6.07) is 9.03. The van der Waals surface area contributed by atoms with E-state index in [-0.39, 0.29) is 35.5 Å². The highest BCUT2D eigenvalue weighted by atomic mass is 19.1. The van der Waals surface area contributed by atoms with E-state index in [4.69, 9.17) is 4.42 Å². The Hall–Kier alpha value is -2.14. The molecule has 2 heterocycles. The number of amides is 1. The number of likely N-dealkylation sites (tertiary alicyclic amines) is 1. The lowest BCUT2D eigenvalue weighted by Gasteiger charge is -2.33. The van der Waals surface area contributed by atoms with Gasteiger partial charge in [-0.2, -0.15) is 0 Å². The maximum Gasteiger partial charge on any atom is 0.225 e. The first-order valence-electron chi connectivity index (χ1n) is 10.1. The van der Waals surface area contributed by atoms with E-state index in [1.165, 1.54) is 6.07 Å². The Morgan fingerprint density at radius 3 is 2.64 bits per heavy atom. The third-order valence-corrected chi connectivity index (χ3v) is 5.61. The van der Waals surface area contributed by atoms with E-state index in [9.17, 15) is 9.18 Å². The molecule has 0 N–H and O–H groups in total. The third-order valence-electron chi connectivity index (χ3n) is 5.61. The van der Waals surface area contributed by atoms with Gasteiger partial charge in [-0.3, -0.25) is 9.69 Å². The molecular formula is C23H31FN2O2. The van der Waals surface area contributed by atoms with Crippen LogP contribution in [0.5, 0.6) is 0 Å². The predicted octanol–water partition coefficient (Wildman–Crippen LogP) is 4.53. The maximum atomic E-state index is 13.9. The van der Waals surface area contributed by atoms with Gasteiger partial charge in [-0.1, -0.05) is 26.0 Å². The van der Waals surface area contributed by atoms with Crippen LogP contribution in [0.15, 0.2) is 47.3 Å². The van der Waals surface area contributed by atoms with Crippen LogP contribution < -0.4 is 0 Å². The van der Waals surface area contributed by atoms with Crippen LogP contribution in [0, 0.1) is 17.7 Å². The van der Waals surface area contributed by atoms with Crippen LogP contribution in [0.25, 0.3) is 0 Å². The summed E-state index contributed by atoms with van der Waals surface area (Å²) in [4.78, 5) is 17.1. The van der Waals surface area contributed by atoms with Crippen LogP contribution >= 0.6 is 0 Å². The fourth-order valence-electron chi connectivity index (χ4n) is 4.17. The van der Waals surface area contributed by atoms with Crippen molar-refractivity contribution in [2.45, 2.75) is 46.2 Å². The Balaban J connectivity index is 1.82. The maximum absolute atomic E-state index is 13.9. The van der Waals surface area contributed by atoms with Crippen molar-refractivity contribution in [3.63, 3.8) is 0 Å². The van der Waals surface area contributed by atoms with Gasteiger partial charge in [0.15, 0.2) is 0 Å². The van der Waals surface area contributed by atoms with Crippen molar-refractivity contribution in [3.8, 4) is 0 Å². The molecule has 1 amide bonds. The number of furan rings is 1. The van der Waals surface area contributed by atoms with Crippen molar-refractivity contribution in [3.05, 3.63) is 59.8 Å². The smallest absolute Gasteiger partial charge is 0.225 e. The molecule has 0 radical (unpaired) electrons. The van der Waals surface area contributed by atoms with Gasteiger partial charge in [-0.15, -0.1) is 0 Å². The molecule has 0 spiro atoms. The fourth-order valence-corrected chi connectivity index (χ4v) is 4.17. The average Bonchev–Trinajstić information content (AvgIpc) is 3.29. The zero-order valence-electron chi connectivity index (χ0n) is 17.3. The molecule has 1 fully saturated rings. The van der Waals surface area contributed by atoms with Crippen LogP contribution in [-0.4, -0.2) is 41.4 Å². The number of nitrogens with zero attached hydrogens (tertiary/aromatic N) is 2. The van der Waals surface area contributed by atoms with Crippen LogP contribution in [0.4, 0.5) is 4.39 Å². The van der Waals surface area contributed by atoms with Crippen molar-refractivity contribution in [1.29, 1.82) is 0 Å². The summed E-state index contributed by atoms with van der Waals surface area (Å²) in [6.45, 7) is 11.2. The molecule has 2 aromatic rings. The summed E-state index contributed by atoms with van der Waals surface area (Å²) < 4.78 is 19.1. The van der Waals surface area contributed by atoms with Gasteiger partial charge in [0.05, 0.1) is 12.5 Å². The first-order valence-corrected chi connectivity index (χ1v) is 10.1. The fraction of sp³-hybridized carbons (Fsp3) is 0.522. The van der Waals surface area contributed by atoms with Gasteiger partial charge in [-0.25, -0.2) is 4.39 Å². The summed E-state index contributed by atoms with van der Waals surface area (Å²) in [5.74, 6) is 0.408. The molecule has 0 bridgehead atoms. The summed E-state index contributed by atoms with van der Waals surface area (Å²) in [6.07, 6.45) is 3.46. The van der Waals surface area contributed by atoms with Crippen molar-refractivity contribution in [1.82, 2.24) is 9.80 Å². The minimum Gasteiger partial charge on any atom is -0.472 e. The molecule has 152 valence electrons. The topological polar surface area (TPSA) is 36.7 Å². The standard InChI is InChI=1S/C23H31FN2O2/c1-16(2)23(27)26(17(3)4)13-20-12-25(11-18-8-9-28-15-18)14-22(20)19-6-5-7-21(24)10-19/h5-10,15-17,20,22H,11-14H2,1-4H3. The molecule has 0 saturated carbocycles. The van der Waals surface area contributed by atoms with Crippen LogP contribution in [-0.2, 0) is 11.3 Å². The minimum atomic E-state index is -0.205. The van der Waals surface area contributed by atoms with Crippen molar-refractivity contribution in [2.24, 2.45) is 11.8 Å². The number of benzene rings is 1. The van der Waals surface area contributed by atoms with E-state index < -0.39 is 0 Å². The summed E-state index contributed by atoms with van der Waals surface area (Å²) in [7, 11) is 0. The van der Waals surface area contributed by atoms with Gasteiger partial charge in [0.2, 0.25) is 5.91 Å². The zero-order chi connectivity index (χ0) is 20.3. The first-order chi connectivity index (χ1) is 13.3. The predicted molar refractivity (Wildman–Crippen MR) is 108 cm³/mol. The van der Waals surface area contributed by atoms with Crippen LogP contribution in [0.1, 0.15) is 44.7 Å². The molecule has 1 aliphatic heterocycles. The molecule has 1 aromatic carbocycles. The molecule has 2 unspecified atom stereocenters. The molecule has 3 rings (SSSR count). The van der Waals surface area contributed by atoms with Crippen molar-refractivity contribution >= 4 is 5.91 Å². The van der Waals surface area contributed by atoms with E-state index in [2.05, 4.69) is 18.7 Å². The largest absolute Gasteiger partial charge is 0.472 e. The van der Waals surface area contributed by atoms with Gasteiger partial charge in [-0.05, 0) is 43.5 Å². The molecule has 1 aromatic heterocycles. The summed E-state index contributed by atoms with van der Waals surface area (Å²) >= 11 is 0. The molecule has 1 aliphatic rings. The van der Waals surface area contributed by atoms with E-state index in [0.29, 0.717) is 6.54 Å². The van der Waals surface area contributed by atoms with Crippen LogP contribution in [0.2, 0.25) is 0 Å². The van der Waals surface area contributed by atoms with Gasteiger partial charge in [0.25, 0.3) is 0 Å². The lowest BCUT2D eigenvalue weighted by Crippen LogP contribution is -2.43. The number of hydrogen-bond donors (Lipinski definition) is 0. The Kier molecular flexibility index (Phi) is 6.55. The van der Waals surface area contributed by atoms with Gasteiger partial charge >= 0.3 is 0 Å². The van der Waals surface area contributed by atoms with Crippen molar-refractivity contribution < 1.29 is 13.6 Å². The number of carbonyl (C=O) groups is 1. The molecular weight excluding hydrogens is 355 g/mol. The number of carbonyl (C=O) groups excluding carboxylic acids is 1. The lowest BCUT2D eigenvalue weighted by atomic mass is 9.88. The Morgan fingerprint density at radius 2 is 2.04 bits per heavy atom. The zero-order valence-corrected chi connectivity index (χ0v) is 17.3. The Morgan fingerprint density at radius 1 is 1.25 bits per heavy atom. The quantitative estimate of drug-likeness (QED) is 0.702. The van der Waals surface area contributed by atoms with Gasteiger partial charge < -0.3 is 9.32 Å². The highest BCUT2D eigenvalue weighted by Crippen LogP contribution is 2.35. The highest BCUT2D eigenvalue weighted by molar-refractivity contribution is 5.78. The SMILES string of the molecule is CC(C)C(=O)N(CC1CN(Cc2ccoc2)CC1c1cccc(F)c1)C(C)C. The highest BCUT2D eigenvalue weighted by Gasteiger charge is 2.36. The second kappa shape index (κ2) is 8.91. The molecule has 0 aliphatic carbocycles. The summed E-state index contributed by atoms with van der Waals surface area (Å²) in [5, 5.41) is 0. The normalized spacial score (nSPS) is 20.2. The third kappa shape index (κ3) is 4.82. The lowest BCUT2D eigenvalue weighted by molar-refractivity contribution is -0.136. The van der Waals surface area contributed by atoms with E-state index in [0.717, 1.165) is 30.8 Å². The second-order valence-corrected chi connectivity index (χ2v) is 8.49. The Labute approximate surface area is 167 Å². The number of hydrogen-bond acceptors (Lipinski definition) is 3. The molecule has 4 nitrogen and oxygen atoms in total. The molecule has 28 heavy (non-hydrogen) atoms. The van der Waals surface area contributed by atoms with E-state index in [1.807, 2.05) is 30.9 Å². The van der Waals surface area contributed by atoms with E-state index >= 15 is 0 Å². The monoisotopic (exact) mass is 386 g/mol. The molecule has 1 saturated heterocycles. The van der Waals surface area contributed by atoms with Gasteiger partial charge in [0, 0.05) is 49.6 Å². The van der Waals surface area contributed by atoms with Crippen molar-refractivity contribution in [2.75, 3.05) is 19.6 Å². The van der Waals surface area contributed by atoms with Gasteiger partial charge in [0.1, 0.15) is 5.82 Å². The number of rotatable bonds is 7. The van der Waals surface area contributed by atoms with E-state index in [1.54, 1.807) is 24.7 Å². The molecule has 5 heteroatoms. The minimum absolute atomic E-state index is 0.0292. The average molecular weight is 387 g/mol. The first kappa shape index (κ1) is 20.6. The van der Waals surface area contributed by atoms with Crippen LogP contribution in [0.3, 0.4) is 0 Å². The summed E-state index contributed by atoms with van der Waals surface area (Å²) in [5.41, 5.74) is 2.15. The second-order valence-electron chi connectivity index (χ2n) is 8.49. The molecule has 2 atom stereocenters. The Bertz CT molecular complexity index is 773.